The molecule has 5 heteroatoms. The van der Waals surface area contributed by atoms with Crippen molar-refractivity contribution in [3.05, 3.63) is 29.8 Å². The standard InChI is InChI=1S/C16H23NO4/c1-12-4-3-5-14(10-12)21-9-8-15(18)17-11-13(2)6-7-16(19)20/h3-5,10,13H,6-9,11H2,1-2H3,(H,17,18)(H,19,20). The maximum Gasteiger partial charge on any atom is 0.303 e. The first-order valence-corrected chi connectivity index (χ1v) is 7.15. The molecule has 0 saturated heterocycles. The third-order valence-electron chi connectivity index (χ3n) is 3.09. The molecule has 0 aliphatic carbocycles. The quantitative estimate of drug-likeness (QED) is 0.733. The zero-order valence-electron chi connectivity index (χ0n) is 12.6. The fourth-order valence-electron chi connectivity index (χ4n) is 1.82. The molecule has 1 amide bonds. The molecule has 0 aliphatic rings. The van der Waals surface area contributed by atoms with Gasteiger partial charge < -0.3 is 15.2 Å². The molecule has 0 radical (unpaired) electrons. The largest absolute Gasteiger partial charge is 0.493 e. The SMILES string of the molecule is Cc1cccc(OCCC(=O)NCC(C)CCC(=O)O)c1. The summed E-state index contributed by atoms with van der Waals surface area (Å²) in [6.07, 6.45) is 0.989. The topological polar surface area (TPSA) is 75.6 Å². The zero-order chi connectivity index (χ0) is 15.7. The molecule has 1 aromatic rings. The van der Waals surface area contributed by atoms with E-state index in [2.05, 4.69) is 5.32 Å². The van der Waals surface area contributed by atoms with Gasteiger partial charge in [0.25, 0.3) is 0 Å². The van der Waals surface area contributed by atoms with E-state index in [1.807, 2.05) is 38.1 Å². The molecule has 1 atom stereocenters. The van der Waals surface area contributed by atoms with Crippen LogP contribution < -0.4 is 10.1 Å². The maximum absolute atomic E-state index is 11.6. The molecular weight excluding hydrogens is 270 g/mol. The lowest BCUT2D eigenvalue weighted by Gasteiger charge is -2.12. The van der Waals surface area contributed by atoms with Crippen LogP contribution in [-0.4, -0.2) is 30.1 Å². The molecule has 0 heterocycles. The zero-order valence-corrected chi connectivity index (χ0v) is 12.6. The van der Waals surface area contributed by atoms with E-state index in [1.165, 1.54) is 0 Å². The van der Waals surface area contributed by atoms with Crippen molar-refractivity contribution in [3.8, 4) is 5.75 Å². The molecule has 1 unspecified atom stereocenters. The van der Waals surface area contributed by atoms with Crippen LogP contribution in [0.25, 0.3) is 0 Å². The smallest absolute Gasteiger partial charge is 0.303 e. The van der Waals surface area contributed by atoms with Gasteiger partial charge in [-0.05, 0) is 37.0 Å². The van der Waals surface area contributed by atoms with E-state index in [9.17, 15) is 9.59 Å². The Morgan fingerprint density at radius 1 is 1.33 bits per heavy atom. The summed E-state index contributed by atoms with van der Waals surface area (Å²) in [4.78, 5) is 22.1. The third kappa shape index (κ3) is 7.97. The van der Waals surface area contributed by atoms with Gasteiger partial charge in [-0.1, -0.05) is 19.1 Å². The highest BCUT2D eigenvalue weighted by Gasteiger charge is 2.08. The van der Waals surface area contributed by atoms with Crippen LogP contribution in [0.4, 0.5) is 0 Å². The summed E-state index contributed by atoms with van der Waals surface area (Å²) in [6, 6.07) is 7.68. The molecule has 0 fully saturated rings. The van der Waals surface area contributed by atoms with Gasteiger partial charge in [0, 0.05) is 13.0 Å². The van der Waals surface area contributed by atoms with Gasteiger partial charge in [0.2, 0.25) is 5.91 Å². The van der Waals surface area contributed by atoms with Gasteiger partial charge in [0.1, 0.15) is 5.75 Å². The first-order chi connectivity index (χ1) is 9.97. The van der Waals surface area contributed by atoms with Crippen LogP contribution in [0.3, 0.4) is 0 Å². The highest BCUT2D eigenvalue weighted by molar-refractivity contribution is 5.76. The number of rotatable bonds is 9. The summed E-state index contributed by atoms with van der Waals surface area (Å²) < 4.78 is 5.50. The van der Waals surface area contributed by atoms with Crippen LogP contribution in [0.2, 0.25) is 0 Å². The number of aryl methyl sites for hydroxylation is 1. The van der Waals surface area contributed by atoms with E-state index in [0.717, 1.165) is 11.3 Å². The number of amides is 1. The summed E-state index contributed by atoms with van der Waals surface area (Å²) in [6.45, 7) is 4.74. The second kappa shape index (κ2) is 9.00. The van der Waals surface area contributed by atoms with Crippen LogP contribution in [-0.2, 0) is 9.59 Å². The average Bonchev–Trinajstić information content (AvgIpc) is 2.43. The number of carbonyl (C=O) groups is 2. The van der Waals surface area contributed by atoms with Crippen LogP contribution in [0, 0.1) is 12.8 Å². The molecule has 0 saturated carbocycles. The van der Waals surface area contributed by atoms with Crippen molar-refractivity contribution >= 4 is 11.9 Å². The van der Waals surface area contributed by atoms with Crippen molar-refractivity contribution in [1.29, 1.82) is 0 Å². The lowest BCUT2D eigenvalue weighted by Crippen LogP contribution is -2.29. The second-order valence-corrected chi connectivity index (χ2v) is 5.26. The Labute approximate surface area is 125 Å². The van der Waals surface area contributed by atoms with Gasteiger partial charge in [0.05, 0.1) is 13.0 Å². The Morgan fingerprint density at radius 3 is 2.76 bits per heavy atom. The van der Waals surface area contributed by atoms with Gasteiger partial charge in [-0.2, -0.15) is 0 Å². The normalized spacial score (nSPS) is 11.7. The minimum atomic E-state index is -0.806. The van der Waals surface area contributed by atoms with E-state index < -0.39 is 5.97 Å². The molecule has 5 nitrogen and oxygen atoms in total. The average molecular weight is 293 g/mol. The van der Waals surface area contributed by atoms with Gasteiger partial charge in [-0.25, -0.2) is 0 Å². The van der Waals surface area contributed by atoms with Crippen LogP contribution >= 0.6 is 0 Å². The van der Waals surface area contributed by atoms with Gasteiger partial charge >= 0.3 is 5.97 Å². The third-order valence-corrected chi connectivity index (χ3v) is 3.09. The number of carboxylic acids is 1. The molecule has 1 rings (SSSR count). The monoisotopic (exact) mass is 293 g/mol. The molecule has 21 heavy (non-hydrogen) atoms. The van der Waals surface area contributed by atoms with E-state index >= 15 is 0 Å². The fourth-order valence-corrected chi connectivity index (χ4v) is 1.82. The number of carbonyl (C=O) groups excluding carboxylic acids is 1. The molecule has 2 N–H and O–H groups in total. The van der Waals surface area contributed by atoms with Gasteiger partial charge in [-0.3, -0.25) is 9.59 Å². The van der Waals surface area contributed by atoms with Gasteiger partial charge in [-0.15, -0.1) is 0 Å². The molecule has 0 bridgehead atoms. The van der Waals surface area contributed by atoms with Crippen molar-refractivity contribution in [1.82, 2.24) is 5.32 Å². The van der Waals surface area contributed by atoms with Crippen LogP contribution in [0.1, 0.15) is 31.7 Å². The minimum Gasteiger partial charge on any atom is -0.493 e. The summed E-state index contributed by atoms with van der Waals surface area (Å²) in [5, 5.41) is 11.4. The van der Waals surface area contributed by atoms with Crippen molar-refractivity contribution < 1.29 is 19.4 Å². The molecule has 116 valence electrons. The van der Waals surface area contributed by atoms with Crippen LogP contribution in [0.15, 0.2) is 24.3 Å². The van der Waals surface area contributed by atoms with Crippen LogP contribution in [0.5, 0.6) is 5.75 Å². The van der Waals surface area contributed by atoms with Crippen molar-refractivity contribution in [2.24, 2.45) is 5.92 Å². The molecule has 1 aromatic carbocycles. The summed E-state index contributed by atoms with van der Waals surface area (Å²) in [7, 11) is 0. The number of nitrogens with one attached hydrogen (secondary N) is 1. The second-order valence-electron chi connectivity index (χ2n) is 5.26. The first kappa shape index (κ1) is 17.0. The molecule has 0 aromatic heterocycles. The molecule has 0 spiro atoms. The molecular formula is C16H23NO4. The predicted molar refractivity (Wildman–Crippen MR) is 80.3 cm³/mol. The summed E-state index contributed by atoms with van der Waals surface area (Å²) >= 11 is 0. The maximum atomic E-state index is 11.6. The van der Waals surface area contributed by atoms with Gasteiger partial charge in [0.15, 0.2) is 0 Å². The summed E-state index contributed by atoms with van der Waals surface area (Å²) in [5.41, 5.74) is 1.12. The predicted octanol–water partition coefficient (Wildman–Crippen LogP) is 2.38. The number of hydrogen-bond acceptors (Lipinski definition) is 3. The van der Waals surface area contributed by atoms with E-state index in [-0.39, 0.29) is 18.2 Å². The fraction of sp³-hybridized carbons (Fsp3) is 0.500. The van der Waals surface area contributed by atoms with Crippen molar-refractivity contribution in [2.75, 3.05) is 13.2 Å². The number of ether oxygens (including phenoxy) is 1. The lowest BCUT2D eigenvalue weighted by molar-refractivity contribution is -0.137. The summed E-state index contributed by atoms with van der Waals surface area (Å²) in [5.74, 6) is 0.0323. The Balaban J connectivity index is 2.15. The number of hydrogen-bond donors (Lipinski definition) is 2. The van der Waals surface area contributed by atoms with E-state index in [0.29, 0.717) is 26.0 Å². The Hall–Kier alpha value is -2.04. The Bertz CT molecular complexity index is 473. The lowest BCUT2D eigenvalue weighted by atomic mass is 10.1. The number of carboxylic acid groups (broad SMARTS) is 1. The van der Waals surface area contributed by atoms with E-state index in [4.69, 9.17) is 9.84 Å². The van der Waals surface area contributed by atoms with E-state index in [1.54, 1.807) is 0 Å². The number of benzene rings is 1. The first-order valence-electron chi connectivity index (χ1n) is 7.15. The highest BCUT2D eigenvalue weighted by Crippen LogP contribution is 2.12. The van der Waals surface area contributed by atoms with Crippen molar-refractivity contribution in [2.45, 2.75) is 33.1 Å². The Morgan fingerprint density at radius 2 is 2.10 bits per heavy atom. The highest BCUT2D eigenvalue weighted by atomic mass is 16.5. The minimum absolute atomic E-state index is 0.0789. The number of aliphatic carboxylic acids is 1. The Kier molecular flexibility index (Phi) is 7.29. The molecule has 0 aliphatic heterocycles. The van der Waals surface area contributed by atoms with Crippen molar-refractivity contribution in [3.63, 3.8) is 0 Å².